The van der Waals surface area contributed by atoms with E-state index in [0.717, 1.165) is 29.4 Å². The summed E-state index contributed by atoms with van der Waals surface area (Å²) >= 11 is 0. The molecule has 0 atom stereocenters. The fourth-order valence-corrected chi connectivity index (χ4v) is 3.43. The molecule has 0 spiro atoms. The molecule has 172 valence electrons. The van der Waals surface area contributed by atoms with Crippen LogP contribution in [0.3, 0.4) is 0 Å². The Bertz CT molecular complexity index is 1260. The van der Waals surface area contributed by atoms with Crippen LogP contribution < -0.4 is 9.47 Å². The van der Waals surface area contributed by atoms with Gasteiger partial charge in [-0.1, -0.05) is 53.7 Å². The molecule has 1 N–H and O–H groups in total. The Morgan fingerprint density at radius 2 is 1.71 bits per heavy atom. The van der Waals surface area contributed by atoms with E-state index in [1.807, 2.05) is 48.5 Å². The minimum atomic E-state index is -1.02. The summed E-state index contributed by atoms with van der Waals surface area (Å²) in [6.07, 6.45) is 3.48. The largest absolute Gasteiger partial charge is 0.493 e. The molecule has 1 heterocycles. The molecule has 0 amide bonds. The van der Waals surface area contributed by atoms with Crippen LogP contribution in [-0.4, -0.2) is 22.8 Å². The maximum absolute atomic E-state index is 10.9. The fourth-order valence-electron chi connectivity index (χ4n) is 3.43. The molecular formula is C28H25NO5. The Morgan fingerprint density at radius 1 is 0.941 bits per heavy atom. The van der Waals surface area contributed by atoms with Crippen LogP contribution in [0.2, 0.25) is 0 Å². The molecule has 0 unspecified atom stereocenters. The van der Waals surface area contributed by atoms with Crippen molar-refractivity contribution >= 4 is 12.0 Å². The molecule has 4 aromatic rings. The molecule has 0 saturated carbocycles. The van der Waals surface area contributed by atoms with Gasteiger partial charge in [-0.15, -0.1) is 0 Å². The molecule has 0 bridgehead atoms. The van der Waals surface area contributed by atoms with Gasteiger partial charge in [0, 0.05) is 24.1 Å². The maximum atomic E-state index is 10.9. The first-order chi connectivity index (χ1) is 16.6. The number of nitrogens with zero attached hydrogens (tertiary/aromatic N) is 1. The molecule has 4 rings (SSSR count). The van der Waals surface area contributed by atoms with E-state index in [1.165, 1.54) is 11.6 Å². The van der Waals surface area contributed by atoms with E-state index in [0.29, 0.717) is 36.0 Å². The monoisotopic (exact) mass is 455 g/mol. The van der Waals surface area contributed by atoms with Crippen LogP contribution in [0.1, 0.15) is 22.5 Å². The van der Waals surface area contributed by atoms with Gasteiger partial charge < -0.3 is 19.1 Å². The number of hydrogen-bond donors (Lipinski definition) is 1. The van der Waals surface area contributed by atoms with E-state index in [-0.39, 0.29) is 0 Å². The van der Waals surface area contributed by atoms with E-state index in [4.69, 9.17) is 19.1 Å². The summed E-state index contributed by atoms with van der Waals surface area (Å²) in [6.45, 7) is 2.80. The molecule has 0 saturated heterocycles. The zero-order valence-electron chi connectivity index (χ0n) is 18.8. The average Bonchev–Trinajstić information content (AvgIpc) is 3.29. The highest BCUT2D eigenvalue weighted by Crippen LogP contribution is 2.29. The van der Waals surface area contributed by atoms with Crippen molar-refractivity contribution in [3.8, 4) is 22.8 Å². The van der Waals surface area contributed by atoms with Crippen LogP contribution in [0.4, 0.5) is 0 Å². The Hall–Kier alpha value is -4.32. The number of carboxylic acid groups (broad SMARTS) is 1. The van der Waals surface area contributed by atoms with Gasteiger partial charge in [-0.25, -0.2) is 4.79 Å². The van der Waals surface area contributed by atoms with Crippen LogP contribution in [0, 0.1) is 6.92 Å². The number of carbonyl (C=O) groups is 1. The minimum Gasteiger partial charge on any atom is -0.493 e. The van der Waals surface area contributed by atoms with Gasteiger partial charge in [0.15, 0.2) is 0 Å². The van der Waals surface area contributed by atoms with Gasteiger partial charge in [0.2, 0.25) is 0 Å². The van der Waals surface area contributed by atoms with Crippen LogP contribution >= 0.6 is 0 Å². The number of rotatable bonds is 10. The smallest absolute Gasteiger partial charge is 0.328 e. The molecular weight excluding hydrogens is 430 g/mol. The second-order valence-corrected chi connectivity index (χ2v) is 7.76. The third kappa shape index (κ3) is 6.36. The van der Waals surface area contributed by atoms with Crippen molar-refractivity contribution in [2.45, 2.75) is 20.0 Å². The Morgan fingerprint density at radius 3 is 2.41 bits per heavy atom. The van der Waals surface area contributed by atoms with Crippen LogP contribution in [0.15, 0.2) is 89.5 Å². The fraction of sp³-hybridized carbons (Fsp3) is 0.143. The van der Waals surface area contributed by atoms with Gasteiger partial charge in [-0.3, -0.25) is 0 Å². The van der Waals surface area contributed by atoms with Crippen molar-refractivity contribution in [3.05, 3.63) is 107 Å². The van der Waals surface area contributed by atoms with E-state index in [9.17, 15) is 4.79 Å². The van der Waals surface area contributed by atoms with E-state index in [1.54, 1.807) is 25.1 Å². The Balaban J connectivity index is 1.38. The van der Waals surface area contributed by atoms with Crippen LogP contribution in [0.5, 0.6) is 11.5 Å². The second-order valence-electron chi connectivity index (χ2n) is 7.76. The molecule has 6 heteroatoms. The van der Waals surface area contributed by atoms with Crippen molar-refractivity contribution in [1.29, 1.82) is 0 Å². The number of carboxylic acids is 1. The maximum Gasteiger partial charge on any atom is 0.328 e. The van der Waals surface area contributed by atoms with Gasteiger partial charge in [0.25, 0.3) is 0 Å². The zero-order chi connectivity index (χ0) is 23.8. The lowest BCUT2D eigenvalue weighted by Gasteiger charge is -2.11. The van der Waals surface area contributed by atoms with Crippen LogP contribution in [-0.2, 0) is 17.8 Å². The summed E-state index contributed by atoms with van der Waals surface area (Å²) in [5.74, 6) is 1.11. The van der Waals surface area contributed by atoms with Crippen molar-refractivity contribution in [3.63, 3.8) is 0 Å². The topological polar surface area (TPSA) is 81.8 Å². The summed E-state index contributed by atoms with van der Waals surface area (Å²) in [4.78, 5) is 10.9. The summed E-state index contributed by atoms with van der Waals surface area (Å²) in [7, 11) is 0. The molecule has 3 aromatic carbocycles. The van der Waals surface area contributed by atoms with Crippen molar-refractivity contribution in [2.24, 2.45) is 0 Å². The number of ether oxygens (including phenoxy) is 2. The van der Waals surface area contributed by atoms with E-state index in [2.05, 4.69) is 17.3 Å². The summed E-state index contributed by atoms with van der Waals surface area (Å²) < 4.78 is 17.0. The number of aliphatic carboxylic acids is 1. The molecule has 6 nitrogen and oxygen atoms in total. The standard InChI is InChI=1S/C28H25NO5/c1-20-17-27(29-34-20)26-18-25(13-9-23(26)10-14-28(30)31)33-19-22-7-11-24(12-8-22)32-16-15-21-5-3-2-4-6-21/h2-14,17-18H,15-16,19H2,1H3,(H,30,31)/b14-10+. The zero-order valence-corrected chi connectivity index (χ0v) is 18.8. The molecule has 0 aliphatic rings. The number of benzene rings is 3. The lowest BCUT2D eigenvalue weighted by atomic mass is 10.0. The third-order valence-corrected chi connectivity index (χ3v) is 5.17. The predicted octanol–water partition coefficient (Wildman–Crippen LogP) is 5.95. The van der Waals surface area contributed by atoms with Gasteiger partial charge in [0.1, 0.15) is 29.6 Å². The van der Waals surface area contributed by atoms with E-state index < -0.39 is 5.97 Å². The summed E-state index contributed by atoms with van der Waals surface area (Å²) in [5, 5.41) is 13.0. The molecule has 0 aliphatic carbocycles. The predicted molar refractivity (Wildman–Crippen MR) is 130 cm³/mol. The highest BCUT2D eigenvalue weighted by Gasteiger charge is 2.11. The van der Waals surface area contributed by atoms with Gasteiger partial charge in [-0.2, -0.15) is 0 Å². The quantitative estimate of drug-likeness (QED) is 0.298. The normalized spacial score (nSPS) is 11.0. The van der Waals surface area contributed by atoms with Crippen molar-refractivity contribution in [2.75, 3.05) is 6.61 Å². The second kappa shape index (κ2) is 11.0. The highest BCUT2D eigenvalue weighted by atomic mass is 16.5. The lowest BCUT2D eigenvalue weighted by molar-refractivity contribution is -0.131. The highest BCUT2D eigenvalue weighted by molar-refractivity contribution is 5.87. The van der Waals surface area contributed by atoms with Gasteiger partial charge >= 0.3 is 5.97 Å². The number of hydrogen-bond acceptors (Lipinski definition) is 5. The SMILES string of the molecule is Cc1cc(-c2cc(OCc3ccc(OCCc4ccccc4)cc3)ccc2/C=C/C(=O)O)no1. The van der Waals surface area contributed by atoms with Crippen molar-refractivity contribution in [1.82, 2.24) is 5.16 Å². The molecule has 0 aliphatic heterocycles. The van der Waals surface area contributed by atoms with Gasteiger partial charge in [0.05, 0.1) is 6.61 Å². The summed E-state index contributed by atoms with van der Waals surface area (Å²) in [6, 6.07) is 25.3. The Labute approximate surface area is 198 Å². The summed E-state index contributed by atoms with van der Waals surface area (Å²) in [5.41, 5.74) is 4.31. The first kappa shape index (κ1) is 22.9. The average molecular weight is 456 g/mol. The first-order valence-electron chi connectivity index (χ1n) is 10.9. The first-order valence-corrected chi connectivity index (χ1v) is 10.9. The van der Waals surface area contributed by atoms with Gasteiger partial charge in [-0.05, 0) is 54.0 Å². The van der Waals surface area contributed by atoms with Crippen molar-refractivity contribution < 1.29 is 23.9 Å². The third-order valence-electron chi connectivity index (χ3n) is 5.17. The van der Waals surface area contributed by atoms with Crippen LogP contribution in [0.25, 0.3) is 17.3 Å². The number of aromatic nitrogens is 1. The Kier molecular flexibility index (Phi) is 7.40. The molecule has 0 radical (unpaired) electrons. The minimum absolute atomic E-state index is 0.381. The molecule has 0 fully saturated rings. The number of aryl methyl sites for hydroxylation is 1. The van der Waals surface area contributed by atoms with E-state index >= 15 is 0 Å². The lowest BCUT2D eigenvalue weighted by Crippen LogP contribution is -2.01. The molecule has 1 aromatic heterocycles. The molecule has 34 heavy (non-hydrogen) atoms.